The highest BCUT2D eigenvalue weighted by Crippen LogP contribution is 2.18. The van der Waals surface area contributed by atoms with Crippen LogP contribution in [0.1, 0.15) is 21.8 Å². The Labute approximate surface area is 152 Å². The van der Waals surface area contributed by atoms with Crippen LogP contribution in [0.25, 0.3) is 0 Å². The van der Waals surface area contributed by atoms with Crippen LogP contribution in [-0.2, 0) is 6.42 Å². The lowest BCUT2D eigenvalue weighted by atomic mass is 10.1. The van der Waals surface area contributed by atoms with Gasteiger partial charge in [0.15, 0.2) is 0 Å². The molecule has 3 rings (SSSR count). The Morgan fingerprint density at radius 2 is 2.00 bits per heavy atom. The summed E-state index contributed by atoms with van der Waals surface area (Å²) in [6, 6.07) is 15.3. The molecule has 0 spiro atoms. The fourth-order valence-corrected chi connectivity index (χ4v) is 2.90. The summed E-state index contributed by atoms with van der Waals surface area (Å²) in [6.45, 7) is 0. The average Bonchev–Trinajstić information content (AvgIpc) is 3.02. The monoisotopic (exact) mass is 403 g/mol. The number of hydrogen-bond acceptors (Lipinski definition) is 5. The van der Waals surface area contributed by atoms with Gasteiger partial charge in [-0.2, -0.15) is 0 Å². The molecule has 0 aliphatic rings. The van der Waals surface area contributed by atoms with Crippen LogP contribution >= 0.6 is 27.7 Å². The van der Waals surface area contributed by atoms with Crippen molar-refractivity contribution in [3.8, 4) is 0 Å². The molecule has 122 valence electrons. The van der Waals surface area contributed by atoms with Crippen LogP contribution in [0.4, 0.5) is 6.01 Å². The number of carbonyl (C=O) groups is 1. The normalized spacial score (nSPS) is 10.6. The molecule has 3 aromatic rings. The van der Waals surface area contributed by atoms with Crippen LogP contribution in [0.15, 0.2) is 62.3 Å². The minimum atomic E-state index is -0.296. The lowest BCUT2D eigenvalue weighted by molar-refractivity contribution is 0.102. The van der Waals surface area contributed by atoms with E-state index in [4.69, 9.17) is 4.42 Å². The van der Waals surface area contributed by atoms with Gasteiger partial charge in [-0.15, -0.1) is 16.9 Å². The summed E-state index contributed by atoms with van der Waals surface area (Å²) >= 11 is 5.03. The van der Waals surface area contributed by atoms with Gasteiger partial charge in [-0.1, -0.05) is 39.2 Å². The second-order valence-electron chi connectivity index (χ2n) is 4.99. The van der Waals surface area contributed by atoms with Gasteiger partial charge in [-0.25, -0.2) is 0 Å². The molecule has 1 aromatic heterocycles. The molecular weight excluding hydrogens is 390 g/mol. The number of thioether (sulfide) groups is 1. The maximum absolute atomic E-state index is 12.1. The second-order valence-corrected chi connectivity index (χ2v) is 6.79. The number of halogens is 1. The molecule has 2 aromatic carbocycles. The van der Waals surface area contributed by atoms with Gasteiger partial charge in [0, 0.05) is 14.9 Å². The van der Waals surface area contributed by atoms with Crippen LogP contribution in [0.2, 0.25) is 0 Å². The molecule has 7 heteroatoms. The molecule has 0 saturated carbocycles. The Morgan fingerprint density at radius 3 is 2.71 bits per heavy atom. The summed E-state index contributed by atoms with van der Waals surface area (Å²) in [5.74, 6) is 0.160. The van der Waals surface area contributed by atoms with E-state index in [2.05, 4.69) is 31.4 Å². The number of carbonyl (C=O) groups excluding carboxylic acids is 1. The van der Waals surface area contributed by atoms with Gasteiger partial charge >= 0.3 is 6.01 Å². The summed E-state index contributed by atoms with van der Waals surface area (Å²) in [6.07, 6.45) is 2.56. The van der Waals surface area contributed by atoms with Crippen molar-refractivity contribution in [3.63, 3.8) is 0 Å². The van der Waals surface area contributed by atoms with Gasteiger partial charge < -0.3 is 4.42 Å². The molecule has 0 aliphatic heterocycles. The highest BCUT2D eigenvalue weighted by molar-refractivity contribution is 9.10. The zero-order chi connectivity index (χ0) is 16.9. The van der Waals surface area contributed by atoms with E-state index < -0.39 is 0 Å². The first kappa shape index (κ1) is 16.7. The fourth-order valence-electron chi connectivity index (χ4n) is 2.09. The van der Waals surface area contributed by atoms with Crippen molar-refractivity contribution in [2.45, 2.75) is 11.3 Å². The van der Waals surface area contributed by atoms with E-state index in [0.717, 1.165) is 10.0 Å². The summed E-state index contributed by atoms with van der Waals surface area (Å²) in [4.78, 5) is 13.3. The number of hydrogen-bond donors (Lipinski definition) is 1. The van der Waals surface area contributed by atoms with Crippen molar-refractivity contribution < 1.29 is 9.21 Å². The predicted octanol–water partition coefficient (Wildman–Crippen LogP) is 4.40. The zero-order valence-electron chi connectivity index (χ0n) is 12.8. The van der Waals surface area contributed by atoms with Crippen LogP contribution < -0.4 is 5.32 Å². The lowest BCUT2D eigenvalue weighted by Crippen LogP contribution is -2.11. The van der Waals surface area contributed by atoms with Crippen LogP contribution in [-0.4, -0.2) is 22.4 Å². The Bertz CT molecular complexity index is 849. The molecule has 1 heterocycles. The van der Waals surface area contributed by atoms with E-state index in [-0.39, 0.29) is 11.9 Å². The van der Waals surface area contributed by atoms with Crippen LogP contribution in [0.5, 0.6) is 0 Å². The molecule has 24 heavy (non-hydrogen) atoms. The number of amides is 1. The summed E-state index contributed by atoms with van der Waals surface area (Å²) in [5, 5.41) is 10.4. The molecule has 0 bridgehead atoms. The third kappa shape index (κ3) is 4.24. The number of rotatable bonds is 5. The zero-order valence-corrected chi connectivity index (χ0v) is 15.2. The van der Waals surface area contributed by atoms with Crippen LogP contribution in [0.3, 0.4) is 0 Å². The highest BCUT2D eigenvalue weighted by Gasteiger charge is 2.12. The third-order valence-corrected chi connectivity index (χ3v) is 4.53. The van der Waals surface area contributed by atoms with Gasteiger partial charge in [0.25, 0.3) is 5.91 Å². The second kappa shape index (κ2) is 7.63. The number of aromatic nitrogens is 2. The van der Waals surface area contributed by atoms with E-state index in [9.17, 15) is 4.79 Å². The van der Waals surface area contributed by atoms with Crippen LogP contribution in [0, 0.1) is 0 Å². The first-order valence-electron chi connectivity index (χ1n) is 7.16. The summed E-state index contributed by atoms with van der Waals surface area (Å²) in [5.41, 5.74) is 1.58. The van der Waals surface area contributed by atoms with E-state index >= 15 is 0 Å². The maximum Gasteiger partial charge on any atom is 0.322 e. The molecule has 0 fully saturated rings. The molecule has 0 radical (unpaired) electrons. The van der Waals surface area contributed by atoms with Gasteiger partial charge in [0.2, 0.25) is 5.89 Å². The molecule has 1 amide bonds. The fraction of sp³-hybridized carbons (Fsp3) is 0.118. The smallest absolute Gasteiger partial charge is 0.322 e. The first-order chi connectivity index (χ1) is 11.6. The Hall–Kier alpha value is -2.12. The van der Waals surface area contributed by atoms with Crippen molar-refractivity contribution in [1.29, 1.82) is 0 Å². The summed E-state index contributed by atoms with van der Waals surface area (Å²) in [7, 11) is 0. The van der Waals surface area contributed by atoms with Crippen molar-refractivity contribution in [2.24, 2.45) is 0 Å². The third-order valence-electron chi connectivity index (χ3n) is 3.29. The van der Waals surface area contributed by atoms with E-state index in [0.29, 0.717) is 17.9 Å². The van der Waals surface area contributed by atoms with Gasteiger partial charge in [0.05, 0.1) is 6.42 Å². The number of benzene rings is 2. The molecule has 0 aliphatic carbocycles. The molecule has 1 N–H and O–H groups in total. The topological polar surface area (TPSA) is 68.0 Å². The highest BCUT2D eigenvalue weighted by atomic mass is 79.9. The molecule has 0 unspecified atom stereocenters. The molecule has 0 saturated heterocycles. The Morgan fingerprint density at radius 1 is 1.21 bits per heavy atom. The number of nitrogens with zero attached hydrogens (tertiary/aromatic N) is 2. The molecule has 5 nitrogen and oxygen atoms in total. The minimum Gasteiger partial charge on any atom is -0.407 e. The molecule has 0 atom stereocenters. The quantitative estimate of drug-likeness (QED) is 0.639. The SMILES string of the molecule is CSc1ccc(Cc2nnc(NC(=O)c3cccc(Br)c3)o2)cc1. The minimum absolute atomic E-state index is 0.0932. The average molecular weight is 404 g/mol. The van der Waals surface area contributed by atoms with Crippen molar-refractivity contribution >= 4 is 39.6 Å². The number of anilines is 1. The van der Waals surface area contributed by atoms with E-state index in [1.807, 2.05) is 36.6 Å². The van der Waals surface area contributed by atoms with Gasteiger partial charge in [-0.05, 0) is 42.2 Å². The predicted molar refractivity (Wildman–Crippen MR) is 97.4 cm³/mol. The Balaban J connectivity index is 1.65. The Kier molecular flexibility index (Phi) is 5.32. The van der Waals surface area contributed by atoms with E-state index in [1.165, 1.54) is 4.90 Å². The number of nitrogens with one attached hydrogen (secondary N) is 1. The van der Waals surface area contributed by atoms with Crippen molar-refractivity contribution in [3.05, 3.63) is 70.0 Å². The van der Waals surface area contributed by atoms with Crippen molar-refractivity contribution in [2.75, 3.05) is 11.6 Å². The standard InChI is InChI=1S/C17H14BrN3O2S/c1-24-14-7-5-11(6-8-14)9-15-20-21-17(23-15)19-16(22)12-3-2-4-13(18)10-12/h2-8,10H,9H2,1H3,(H,19,21,22). The van der Waals surface area contributed by atoms with Gasteiger partial charge in [0.1, 0.15) is 0 Å². The van der Waals surface area contributed by atoms with Crippen molar-refractivity contribution in [1.82, 2.24) is 10.2 Å². The van der Waals surface area contributed by atoms with Gasteiger partial charge in [-0.3, -0.25) is 10.1 Å². The first-order valence-corrected chi connectivity index (χ1v) is 9.18. The lowest BCUT2D eigenvalue weighted by Gasteiger charge is -2.01. The largest absolute Gasteiger partial charge is 0.407 e. The molecular formula is C17H14BrN3O2S. The maximum atomic E-state index is 12.1. The summed E-state index contributed by atoms with van der Waals surface area (Å²) < 4.78 is 6.32. The van der Waals surface area contributed by atoms with E-state index in [1.54, 1.807) is 30.0 Å².